The van der Waals surface area contributed by atoms with E-state index in [-0.39, 0.29) is 12.4 Å². The zero-order valence-corrected chi connectivity index (χ0v) is 14.1. The van der Waals surface area contributed by atoms with Gasteiger partial charge in [-0.3, -0.25) is 0 Å². The Morgan fingerprint density at radius 2 is 2.00 bits per heavy atom. The molecule has 0 saturated heterocycles. The molecule has 0 radical (unpaired) electrons. The van der Waals surface area contributed by atoms with Gasteiger partial charge in [-0.05, 0) is 29.8 Å². The number of benzene rings is 1. The maximum absolute atomic E-state index is 8.87. The molecule has 3 heterocycles. The first-order valence-electron chi connectivity index (χ1n) is 7.59. The van der Waals surface area contributed by atoms with Gasteiger partial charge in [0.05, 0.1) is 23.5 Å². The molecule has 6 nitrogen and oxygen atoms in total. The lowest BCUT2D eigenvalue weighted by molar-refractivity contribution is 0.746. The Balaban J connectivity index is 0.00000182. The third kappa shape index (κ3) is 3.52. The summed E-state index contributed by atoms with van der Waals surface area (Å²) in [5, 5.41) is 8.87. The number of imidazole rings is 2. The predicted molar refractivity (Wildman–Crippen MR) is 96.4 cm³/mol. The van der Waals surface area contributed by atoms with Crippen molar-refractivity contribution in [3.63, 3.8) is 0 Å². The van der Waals surface area contributed by atoms with Gasteiger partial charge in [0.25, 0.3) is 0 Å². The molecule has 4 aromatic rings. The Labute approximate surface area is 150 Å². The van der Waals surface area contributed by atoms with Crippen molar-refractivity contribution in [1.29, 1.82) is 5.26 Å². The van der Waals surface area contributed by atoms with Gasteiger partial charge in [0.1, 0.15) is 5.82 Å². The van der Waals surface area contributed by atoms with Crippen molar-refractivity contribution < 1.29 is 0 Å². The van der Waals surface area contributed by atoms with Gasteiger partial charge in [0, 0.05) is 31.1 Å². The topological polar surface area (TPSA) is 83.2 Å². The molecule has 0 atom stereocenters. The Morgan fingerprint density at radius 1 is 1.16 bits per heavy atom. The molecule has 3 aromatic heterocycles. The summed E-state index contributed by atoms with van der Waals surface area (Å²) in [5.41, 5.74) is 4.52. The van der Waals surface area contributed by atoms with Gasteiger partial charge in [-0.15, -0.1) is 12.4 Å². The fraction of sp³-hybridized carbons (Fsp3) is 0.111. The summed E-state index contributed by atoms with van der Waals surface area (Å²) in [6.07, 6.45) is 6.06. The average molecular weight is 351 g/mol. The van der Waals surface area contributed by atoms with E-state index in [4.69, 9.17) is 5.26 Å². The Hall–Kier alpha value is -3.17. The van der Waals surface area contributed by atoms with Crippen LogP contribution < -0.4 is 0 Å². The number of hydrogen-bond donors (Lipinski definition) is 1. The second-order valence-electron chi connectivity index (χ2n) is 5.56. The highest BCUT2D eigenvalue weighted by atomic mass is 35.5. The minimum Gasteiger partial charge on any atom is -0.340 e. The third-order valence-corrected chi connectivity index (χ3v) is 3.89. The van der Waals surface area contributed by atoms with Crippen LogP contribution in [0.25, 0.3) is 11.2 Å². The van der Waals surface area contributed by atoms with Gasteiger partial charge in [0.2, 0.25) is 0 Å². The van der Waals surface area contributed by atoms with Gasteiger partial charge >= 0.3 is 0 Å². The minimum absolute atomic E-state index is 0. The first kappa shape index (κ1) is 16.7. The van der Waals surface area contributed by atoms with Crippen molar-refractivity contribution in [3.05, 3.63) is 77.8 Å². The van der Waals surface area contributed by atoms with Crippen LogP contribution in [0.4, 0.5) is 0 Å². The smallest absolute Gasteiger partial charge is 0.177 e. The molecular weight excluding hydrogens is 336 g/mol. The summed E-state index contributed by atoms with van der Waals surface area (Å²) in [6.45, 7) is 0.708. The second kappa shape index (κ2) is 7.16. The molecule has 0 amide bonds. The molecule has 0 saturated carbocycles. The van der Waals surface area contributed by atoms with Crippen molar-refractivity contribution in [2.45, 2.75) is 13.0 Å². The van der Waals surface area contributed by atoms with Gasteiger partial charge in [-0.25, -0.2) is 15.0 Å². The van der Waals surface area contributed by atoms with E-state index in [1.54, 1.807) is 6.20 Å². The highest BCUT2D eigenvalue weighted by Crippen LogP contribution is 2.13. The Morgan fingerprint density at radius 3 is 2.76 bits per heavy atom. The van der Waals surface area contributed by atoms with E-state index in [9.17, 15) is 0 Å². The molecule has 0 bridgehead atoms. The number of nitrogens with zero attached hydrogens (tertiary/aromatic N) is 5. The highest BCUT2D eigenvalue weighted by molar-refractivity contribution is 5.85. The van der Waals surface area contributed by atoms with Gasteiger partial charge in [0.15, 0.2) is 5.65 Å². The van der Waals surface area contributed by atoms with E-state index in [0.717, 1.165) is 28.2 Å². The van der Waals surface area contributed by atoms with Crippen LogP contribution >= 0.6 is 12.4 Å². The van der Waals surface area contributed by atoms with E-state index < -0.39 is 0 Å². The Bertz CT molecular complexity index is 993. The van der Waals surface area contributed by atoms with Crippen LogP contribution in [0.2, 0.25) is 0 Å². The van der Waals surface area contributed by atoms with Crippen molar-refractivity contribution in [3.8, 4) is 6.07 Å². The predicted octanol–water partition coefficient (Wildman–Crippen LogP) is 3.09. The molecule has 4 rings (SSSR count). The van der Waals surface area contributed by atoms with Crippen molar-refractivity contribution >= 4 is 23.6 Å². The molecule has 0 spiro atoms. The average Bonchev–Trinajstić information content (AvgIpc) is 3.22. The van der Waals surface area contributed by atoms with Crippen molar-refractivity contribution in [1.82, 2.24) is 24.5 Å². The molecule has 7 heteroatoms. The molecule has 0 aliphatic heterocycles. The highest BCUT2D eigenvalue weighted by Gasteiger charge is 2.08. The number of aromatic nitrogens is 5. The first-order valence-corrected chi connectivity index (χ1v) is 7.59. The summed E-state index contributed by atoms with van der Waals surface area (Å²) in [5.74, 6) is 0.866. The molecule has 0 aliphatic rings. The number of hydrogen-bond acceptors (Lipinski definition) is 4. The van der Waals surface area contributed by atoms with Gasteiger partial charge in [-0.1, -0.05) is 12.1 Å². The van der Waals surface area contributed by atoms with Crippen LogP contribution in [0.5, 0.6) is 0 Å². The number of nitrogens with one attached hydrogen (secondary N) is 1. The maximum atomic E-state index is 8.87. The fourth-order valence-corrected chi connectivity index (χ4v) is 2.67. The van der Waals surface area contributed by atoms with Crippen LogP contribution in [0.1, 0.15) is 22.6 Å². The molecular formula is C18H15ClN6. The molecule has 0 aliphatic carbocycles. The summed E-state index contributed by atoms with van der Waals surface area (Å²) in [7, 11) is 0. The zero-order chi connectivity index (χ0) is 16.4. The largest absolute Gasteiger partial charge is 0.340 e. The summed E-state index contributed by atoms with van der Waals surface area (Å²) in [4.78, 5) is 16.3. The van der Waals surface area contributed by atoms with Gasteiger partial charge in [-0.2, -0.15) is 5.26 Å². The summed E-state index contributed by atoms with van der Waals surface area (Å²) >= 11 is 0. The monoisotopic (exact) mass is 350 g/mol. The lowest BCUT2D eigenvalue weighted by Gasteiger charge is -2.07. The molecule has 0 unspecified atom stereocenters. The van der Waals surface area contributed by atoms with E-state index in [2.05, 4.69) is 30.6 Å². The van der Waals surface area contributed by atoms with Crippen LogP contribution in [0.15, 0.2) is 55.1 Å². The standard InChI is InChI=1S/C18H14N6.ClH/c19-9-13-3-5-14(6-4-13)11-24-12-20-10-15(24)8-17-22-16-2-1-7-21-18(16)23-17;/h1-7,10,12H,8,11H2,(H,21,22,23);1H. The van der Waals surface area contributed by atoms with E-state index in [1.165, 1.54) is 0 Å². The second-order valence-corrected chi connectivity index (χ2v) is 5.56. The lowest BCUT2D eigenvalue weighted by Crippen LogP contribution is -2.04. The normalized spacial score (nSPS) is 10.4. The number of H-pyrrole nitrogens is 1. The van der Waals surface area contributed by atoms with Crippen LogP contribution in [0, 0.1) is 11.3 Å². The van der Waals surface area contributed by atoms with Crippen molar-refractivity contribution in [2.75, 3.05) is 0 Å². The molecule has 25 heavy (non-hydrogen) atoms. The number of nitriles is 1. The van der Waals surface area contributed by atoms with E-state index >= 15 is 0 Å². The minimum atomic E-state index is 0. The SMILES string of the molecule is Cl.N#Cc1ccc(Cn2cncc2Cc2nc3ncccc3[nH]2)cc1. The zero-order valence-electron chi connectivity index (χ0n) is 13.3. The fourth-order valence-electron chi connectivity index (χ4n) is 2.67. The maximum Gasteiger partial charge on any atom is 0.177 e. The first-order chi connectivity index (χ1) is 11.8. The third-order valence-electron chi connectivity index (χ3n) is 3.89. The number of rotatable bonds is 4. The Kier molecular flexibility index (Phi) is 4.78. The number of halogens is 1. The van der Waals surface area contributed by atoms with E-state index in [0.29, 0.717) is 18.5 Å². The van der Waals surface area contributed by atoms with Gasteiger partial charge < -0.3 is 9.55 Å². The number of aromatic amines is 1. The summed E-state index contributed by atoms with van der Waals surface area (Å²) < 4.78 is 2.09. The lowest BCUT2D eigenvalue weighted by atomic mass is 10.1. The quantitative estimate of drug-likeness (QED) is 0.613. The van der Waals surface area contributed by atoms with Crippen LogP contribution in [0.3, 0.4) is 0 Å². The van der Waals surface area contributed by atoms with Crippen LogP contribution in [-0.4, -0.2) is 24.5 Å². The molecule has 124 valence electrons. The van der Waals surface area contributed by atoms with Crippen LogP contribution in [-0.2, 0) is 13.0 Å². The molecule has 0 fully saturated rings. The number of fused-ring (bicyclic) bond motifs is 1. The summed E-state index contributed by atoms with van der Waals surface area (Å²) in [6, 6.07) is 13.6. The molecule has 1 aromatic carbocycles. The van der Waals surface area contributed by atoms with Crippen molar-refractivity contribution in [2.24, 2.45) is 0 Å². The van der Waals surface area contributed by atoms with E-state index in [1.807, 2.05) is 48.9 Å². The number of pyridine rings is 1. The molecule has 1 N–H and O–H groups in total.